The number of rotatable bonds is 3. The van der Waals surface area contributed by atoms with Crippen molar-refractivity contribution in [1.29, 1.82) is 0 Å². The van der Waals surface area contributed by atoms with Gasteiger partial charge in [0, 0.05) is 29.5 Å². The Morgan fingerprint density at radius 2 is 2.06 bits per heavy atom. The average Bonchev–Trinajstić information content (AvgIpc) is 2.15. The Labute approximate surface area is 97.7 Å². The predicted octanol–water partition coefficient (Wildman–Crippen LogP) is 2.54. The van der Waals surface area contributed by atoms with Crippen molar-refractivity contribution in [2.45, 2.75) is 52.6 Å². The van der Waals surface area contributed by atoms with Crippen LogP contribution in [0.5, 0.6) is 0 Å². The molecule has 1 heterocycles. The third-order valence-corrected chi connectivity index (χ3v) is 3.46. The summed E-state index contributed by atoms with van der Waals surface area (Å²) in [6.07, 6.45) is 4.56. The fourth-order valence-electron chi connectivity index (χ4n) is 2.50. The zero-order chi connectivity index (χ0) is 11.7. The molecule has 0 aliphatic heterocycles. The van der Waals surface area contributed by atoms with E-state index in [0.29, 0.717) is 12.1 Å². The van der Waals surface area contributed by atoms with Gasteiger partial charge in [-0.25, -0.2) is 9.97 Å². The van der Waals surface area contributed by atoms with Gasteiger partial charge in [-0.3, -0.25) is 0 Å². The lowest BCUT2D eigenvalue weighted by Gasteiger charge is -2.35. The molecule has 1 unspecified atom stereocenters. The lowest BCUT2D eigenvalue weighted by Crippen LogP contribution is -2.41. The number of hydrogen-bond acceptors (Lipinski definition) is 3. The highest BCUT2D eigenvalue weighted by molar-refractivity contribution is 5.20. The van der Waals surface area contributed by atoms with Crippen molar-refractivity contribution in [1.82, 2.24) is 15.3 Å². The van der Waals surface area contributed by atoms with Crippen molar-refractivity contribution in [3.8, 4) is 0 Å². The lowest BCUT2D eigenvalue weighted by molar-refractivity contribution is 0.226. The molecule has 0 saturated heterocycles. The van der Waals surface area contributed by atoms with Crippen molar-refractivity contribution in [2.75, 3.05) is 0 Å². The third-order valence-electron chi connectivity index (χ3n) is 3.46. The highest BCUT2D eigenvalue weighted by Gasteiger charge is 2.26. The summed E-state index contributed by atoms with van der Waals surface area (Å²) in [5.41, 5.74) is 2.32. The van der Waals surface area contributed by atoms with Gasteiger partial charge in [0.05, 0.1) is 0 Å². The molecule has 2 rings (SSSR count). The SMILES string of the molecule is Cc1ncc(C(C)NC2CC(C)C2)c(C)n1. The first-order chi connectivity index (χ1) is 7.56. The van der Waals surface area contributed by atoms with Crippen molar-refractivity contribution < 1.29 is 0 Å². The van der Waals surface area contributed by atoms with Gasteiger partial charge in [-0.1, -0.05) is 6.92 Å². The summed E-state index contributed by atoms with van der Waals surface area (Å²) in [7, 11) is 0. The molecule has 0 amide bonds. The average molecular weight is 219 g/mol. The molecule has 1 aromatic heterocycles. The van der Waals surface area contributed by atoms with Gasteiger partial charge in [-0.05, 0) is 39.5 Å². The van der Waals surface area contributed by atoms with Gasteiger partial charge >= 0.3 is 0 Å². The predicted molar refractivity (Wildman–Crippen MR) is 65.2 cm³/mol. The maximum Gasteiger partial charge on any atom is 0.125 e. The number of aromatic nitrogens is 2. The van der Waals surface area contributed by atoms with E-state index in [1.807, 2.05) is 13.1 Å². The third kappa shape index (κ3) is 2.40. The van der Waals surface area contributed by atoms with Crippen LogP contribution in [-0.2, 0) is 0 Å². The van der Waals surface area contributed by atoms with E-state index in [0.717, 1.165) is 17.4 Å². The Kier molecular flexibility index (Phi) is 3.24. The normalized spacial score (nSPS) is 26.2. The van der Waals surface area contributed by atoms with Crippen LogP contribution >= 0.6 is 0 Å². The molecule has 1 atom stereocenters. The quantitative estimate of drug-likeness (QED) is 0.849. The van der Waals surface area contributed by atoms with Gasteiger partial charge in [0.25, 0.3) is 0 Å². The van der Waals surface area contributed by atoms with Crippen LogP contribution in [0.25, 0.3) is 0 Å². The molecule has 88 valence electrons. The summed E-state index contributed by atoms with van der Waals surface area (Å²) in [5.74, 6) is 1.74. The maximum atomic E-state index is 4.41. The molecule has 0 aromatic carbocycles. The van der Waals surface area contributed by atoms with Gasteiger partial charge in [0.1, 0.15) is 5.82 Å². The molecule has 3 nitrogen and oxygen atoms in total. The first-order valence-electron chi connectivity index (χ1n) is 6.12. The summed E-state index contributed by atoms with van der Waals surface area (Å²) in [6.45, 7) is 8.50. The maximum absolute atomic E-state index is 4.41. The van der Waals surface area contributed by atoms with Crippen molar-refractivity contribution in [3.63, 3.8) is 0 Å². The molecular weight excluding hydrogens is 198 g/mol. The van der Waals surface area contributed by atoms with Gasteiger partial charge in [-0.15, -0.1) is 0 Å². The molecule has 1 N–H and O–H groups in total. The number of aryl methyl sites for hydroxylation is 2. The van der Waals surface area contributed by atoms with Crippen LogP contribution in [0.3, 0.4) is 0 Å². The van der Waals surface area contributed by atoms with E-state index < -0.39 is 0 Å². The lowest BCUT2D eigenvalue weighted by atomic mass is 9.81. The molecule has 0 spiro atoms. The molecule has 0 radical (unpaired) electrons. The zero-order valence-corrected chi connectivity index (χ0v) is 10.6. The van der Waals surface area contributed by atoms with Crippen LogP contribution < -0.4 is 5.32 Å². The van der Waals surface area contributed by atoms with E-state index in [9.17, 15) is 0 Å². The topological polar surface area (TPSA) is 37.8 Å². The molecule has 0 bridgehead atoms. The van der Waals surface area contributed by atoms with E-state index in [4.69, 9.17) is 0 Å². The Morgan fingerprint density at radius 3 is 2.62 bits per heavy atom. The van der Waals surface area contributed by atoms with Crippen LogP contribution in [0.1, 0.15) is 49.8 Å². The summed E-state index contributed by atoms with van der Waals surface area (Å²) in [5, 5.41) is 3.64. The molecule has 1 saturated carbocycles. The first kappa shape index (κ1) is 11.5. The first-order valence-corrected chi connectivity index (χ1v) is 6.12. The summed E-state index contributed by atoms with van der Waals surface area (Å²) in [6, 6.07) is 1.05. The second-order valence-electron chi connectivity index (χ2n) is 5.12. The Hall–Kier alpha value is -0.960. The smallest absolute Gasteiger partial charge is 0.125 e. The van der Waals surface area contributed by atoms with Crippen molar-refractivity contribution in [2.24, 2.45) is 5.92 Å². The fraction of sp³-hybridized carbons (Fsp3) is 0.692. The van der Waals surface area contributed by atoms with E-state index in [-0.39, 0.29) is 0 Å². The Morgan fingerprint density at radius 1 is 1.38 bits per heavy atom. The van der Waals surface area contributed by atoms with Crippen molar-refractivity contribution in [3.05, 3.63) is 23.3 Å². The second kappa shape index (κ2) is 4.50. The van der Waals surface area contributed by atoms with Crippen LogP contribution in [0, 0.1) is 19.8 Å². The van der Waals surface area contributed by atoms with E-state index in [1.54, 1.807) is 0 Å². The largest absolute Gasteiger partial charge is 0.307 e. The molecule has 3 heteroatoms. The van der Waals surface area contributed by atoms with Gasteiger partial charge in [0.2, 0.25) is 0 Å². The Bertz CT molecular complexity index is 369. The minimum Gasteiger partial charge on any atom is -0.307 e. The second-order valence-corrected chi connectivity index (χ2v) is 5.12. The van der Waals surface area contributed by atoms with E-state index in [1.165, 1.54) is 18.4 Å². The molecule has 1 aromatic rings. The van der Waals surface area contributed by atoms with Gasteiger partial charge < -0.3 is 5.32 Å². The summed E-state index contributed by atoms with van der Waals surface area (Å²) < 4.78 is 0. The number of nitrogens with zero attached hydrogens (tertiary/aromatic N) is 2. The van der Waals surface area contributed by atoms with Gasteiger partial charge in [0.15, 0.2) is 0 Å². The minimum atomic E-state index is 0.359. The number of hydrogen-bond donors (Lipinski definition) is 1. The highest BCUT2D eigenvalue weighted by atomic mass is 15.0. The van der Waals surface area contributed by atoms with Gasteiger partial charge in [-0.2, -0.15) is 0 Å². The molecule has 1 fully saturated rings. The molecule has 1 aliphatic carbocycles. The standard InChI is InChI=1S/C13H21N3/c1-8-5-12(6-8)16-10(3)13-7-14-11(4)15-9(13)2/h7-8,10,12,16H,5-6H2,1-4H3. The summed E-state index contributed by atoms with van der Waals surface area (Å²) in [4.78, 5) is 8.69. The molecule has 16 heavy (non-hydrogen) atoms. The number of nitrogens with one attached hydrogen (secondary N) is 1. The molecular formula is C13H21N3. The minimum absolute atomic E-state index is 0.359. The Balaban J connectivity index is 2.00. The fourth-order valence-corrected chi connectivity index (χ4v) is 2.50. The van der Waals surface area contributed by atoms with Crippen LogP contribution in [-0.4, -0.2) is 16.0 Å². The monoisotopic (exact) mass is 219 g/mol. The van der Waals surface area contributed by atoms with Crippen LogP contribution in [0.2, 0.25) is 0 Å². The van der Waals surface area contributed by atoms with Crippen LogP contribution in [0.4, 0.5) is 0 Å². The van der Waals surface area contributed by atoms with Crippen molar-refractivity contribution >= 4 is 0 Å². The molecule has 1 aliphatic rings. The highest BCUT2D eigenvalue weighted by Crippen LogP contribution is 2.28. The van der Waals surface area contributed by atoms with E-state index >= 15 is 0 Å². The van der Waals surface area contributed by atoms with Crippen LogP contribution in [0.15, 0.2) is 6.20 Å². The summed E-state index contributed by atoms with van der Waals surface area (Å²) >= 11 is 0. The van der Waals surface area contributed by atoms with E-state index in [2.05, 4.69) is 36.1 Å². The zero-order valence-electron chi connectivity index (χ0n) is 10.6.